The zero-order valence-electron chi connectivity index (χ0n) is 19.2. The number of oxazole rings is 1. The Labute approximate surface area is 204 Å². The first-order valence-electron chi connectivity index (χ1n) is 11.0. The van der Waals surface area contributed by atoms with Gasteiger partial charge in [0.15, 0.2) is 5.78 Å². The number of halogens is 2. The summed E-state index contributed by atoms with van der Waals surface area (Å²) in [6.45, 7) is 7.77. The maximum Gasteiger partial charge on any atom is 0.311 e. The van der Waals surface area contributed by atoms with Crippen molar-refractivity contribution in [3.8, 4) is 17.2 Å². The summed E-state index contributed by atoms with van der Waals surface area (Å²) in [4.78, 5) is 29.2. The second-order valence-corrected chi connectivity index (χ2v) is 9.08. The highest BCUT2D eigenvalue weighted by atomic mass is 35.5. The lowest BCUT2D eigenvalue weighted by Gasteiger charge is -2.09. The number of ether oxygens (including phenoxy) is 1. The van der Waals surface area contributed by atoms with Gasteiger partial charge in [0.1, 0.15) is 11.5 Å². The number of aryl methyl sites for hydroxylation is 2. The van der Waals surface area contributed by atoms with Gasteiger partial charge in [0, 0.05) is 35.8 Å². The Kier molecular flexibility index (Phi) is 8.33. The molecule has 0 aliphatic heterocycles. The molecule has 0 N–H and O–H groups in total. The van der Waals surface area contributed by atoms with Gasteiger partial charge in [-0.25, -0.2) is 4.98 Å². The second kappa shape index (κ2) is 11.0. The Morgan fingerprint density at radius 1 is 1.09 bits per heavy atom. The molecular formula is C26H27Cl2NO4. The molecule has 33 heavy (non-hydrogen) atoms. The van der Waals surface area contributed by atoms with E-state index in [1.165, 1.54) is 0 Å². The molecule has 0 atom stereocenters. The molecule has 7 heteroatoms. The van der Waals surface area contributed by atoms with Crippen molar-refractivity contribution in [2.24, 2.45) is 0 Å². The van der Waals surface area contributed by atoms with Crippen LogP contribution in [0.15, 0.2) is 40.8 Å². The van der Waals surface area contributed by atoms with Crippen molar-refractivity contribution in [2.45, 2.75) is 59.3 Å². The molecular weight excluding hydrogens is 461 g/mol. The van der Waals surface area contributed by atoms with Gasteiger partial charge in [0.05, 0.1) is 16.3 Å². The largest absolute Gasteiger partial charge is 0.441 e. The highest BCUT2D eigenvalue weighted by Crippen LogP contribution is 2.33. The average molecular weight is 488 g/mol. The summed E-state index contributed by atoms with van der Waals surface area (Å²) < 4.78 is 11.4. The van der Waals surface area contributed by atoms with E-state index in [4.69, 9.17) is 32.4 Å². The van der Waals surface area contributed by atoms with Crippen molar-refractivity contribution < 1.29 is 18.7 Å². The summed E-state index contributed by atoms with van der Waals surface area (Å²) in [5.41, 5.74) is 2.71. The maximum atomic E-state index is 12.9. The zero-order chi connectivity index (χ0) is 24.1. The molecule has 0 saturated heterocycles. The van der Waals surface area contributed by atoms with Crippen LogP contribution in [0.4, 0.5) is 0 Å². The Morgan fingerprint density at radius 3 is 2.48 bits per heavy atom. The lowest BCUT2D eigenvalue weighted by Crippen LogP contribution is -2.09. The molecule has 2 aromatic carbocycles. The number of Topliss-reactive ketones (excluding diaryl/α,β-unsaturated/α-hetero) is 1. The summed E-state index contributed by atoms with van der Waals surface area (Å²) in [7, 11) is 0. The van der Waals surface area contributed by atoms with Crippen molar-refractivity contribution in [3.05, 3.63) is 69.0 Å². The first kappa shape index (κ1) is 25.0. The minimum Gasteiger partial charge on any atom is -0.441 e. The number of esters is 1. The minimum absolute atomic E-state index is 0.0201. The minimum atomic E-state index is -0.275. The number of carbonyl (C=O) groups excluding carboxylic acids is 2. The summed E-state index contributed by atoms with van der Waals surface area (Å²) in [5.74, 6) is 1.43. The van der Waals surface area contributed by atoms with Crippen LogP contribution in [0.3, 0.4) is 0 Å². The number of aromatic nitrogens is 1. The van der Waals surface area contributed by atoms with Gasteiger partial charge in [-0.3, -0.25) is 9.59 Å². The molecule has 1 heterocycles. The third kappa shape index (κ3) is 6.24. The molecule has 174 valence electrons. The quantitative estimate of drug-likeness (QED) is 0.176. The maximum absolute atomic E-state index is 12.9. The number of rotatable bonds is 9. The van der Waals surface area contributed by atoms with E-state index >= 15 is 0 Å². The van der Waals surface area contributed by atoms with E-state index in [2.05, 4.69) is 4.98 Å². The zero-order valence-corrected chi connectivity index (χ0v) is 20.7. The van der Waals surface area contributed by atoms with E-state index < -0.39 is 0 Å². The third-order valence-electron chi connectivity index (χ3n) is 5.18. The fraction of sp³-hybridized carbons (Fsp3) is 0.346. The molecule has 0 amide bonds. The summed E-state index contributed by atoms with van der Waals surface area (Å²) in [6.07, 6.45) is 1.79. The first-order chi connectivity index (χ1) is 15.7. The van der Waals surface area contributed by atoms with Crippen LogP contribution >= 0.6 is 23.2 Å². The Bertz CT molecular complexity index is 1170. The van der Waals surface area contributed by atoms with E-state index in [-0.39, 0.29) is 24.1 Å². The van der Waals surface area contributed by atoms with Crippen LogP contribution in [0.25, 0.3) is 11.5 Å². The van der Waals surface area contributed by atoms with E-state index in [1.807, 2.05) is 27.7 Å². The molecule has 0 radical (unpaired) electrons. The number of benzene rings is 2. The van der Waals surface area contributed by atoms with Gasteiger partial charge < -0.3 is 9.15 Å². The number of carbonyl (C=O) groups is 2. The molecule has 0 fully saturated rings. The Morgan fingerprint density at radius 2 is 1.85 bits per heavy atom. The average Bonchev–Trinajstić information content (AvgIpc) is 3.18. The Hall–Kier alpha value is -2.63. The van der Waals surface area contributed by atoms with Crippen molar-refractivity contribution in [3.63, 3.8) is 0 Å². The number of ketones is 1. The highest BCUT2D eigenvalue weighted by molar-refractivity contribution is 6.36. The molecule has 3 rings (SSSR count). The van der Waals surface area contributed by atoms with E-state index in [0.717, 1.165) is 23.4 Å². The van der Waals surface area contributed by atoms with Crippen molar-refractivity contribution in [1.82, 2.24) is 4.98 Å². The van der Waals surface area contributed by atoms with Crippen molar-refractivity contribution in [2.75, 3.05) is 0 Å². The summed E-state index contributed by atoms with van der Waals surface area (Å²) in [5, 5.41) is 0.989. The second-order valence-electron chi connectivity index (χ2n) is 8.24. The van der Waals surface area contributed by atoms with Crippen LogP contribution in [-0.4, -0.2) is 16.7 Å². The highest BCUT2D eigenvalue weighted by Gasteiger charge is 2.20. The lowest BCUT2D eigenvalue weighted by atomic mass is 10.0. The van der Waals surface area contributed by atoms with E-state index in [1.54, 1.807) is 36.4 Å². The lowest BCUT2D eigenvalue weighted by molar-refractivity contribution is -0.134. The normalized spacial score (nSPS) is 11.1. The summed E-state index contributed by atoms with van der Waals surface area (Å²) >= 11 is 12.3. The van der Waals surface area contributed by atoms with Gasteiger partial charge >= 0.3 is 5.97 Å². The fourth-order valence-corrected chi connectivity index (χ4v) is 3.95. The number of hydrogen-bond acceptors (Lipinski definition) is 5. The van der Waals surface area contributed by atoms with Crippen molar-refractivity contribution in [1.29, 1.82) is 0 Å². The van der Waals surface area contributed by atoms with Crippen molar-refractivity contribution >= 4 is 35.0 Å². The van der Waals surface area contributed by atoms with Gasteiger partial charge in [-0.1, -0.05) is 44.0 Å². The standard InChI is InChI=1S/C26H27Cl2NO4/c1-5-6-24(31)32-23-12-7-17(13-16(23)4)22(30)11-10-21-25(15(2)3)33-26(29-21)19-9-8-18(27)14-20(19)28/h7-9,12-15H,5-6,10-11H2,1-4H3. The van der Waals surface area contributed by atoms with Gasteiger partial charge in [0.25, 0.3) is 0 Å². The molecule has 0 spiro atoms. The monoisotopic (exact) mass is 487 g/mol. The molecule has 0 aliphatic rings. The van der Waals surface area contributed by atoms with E-state index in [9.17, 15) is 9.59 Å². The molecule has 0 bridgehead atoms. The molecule has 0 unspecified atom stereocenters. The molecule has 3 aromatic rings. The fourth-order valence-electron chi connectivity index (χ4n) is 3.46. The van der Waals surface area contributed by atoms with Gasteiger partial charge in [0.2, 0.25) is 5.89 Å². The van der Waals surface area contributed by atoms with Gasteiger partial charge in [-0.15, -0.1) is 0 Å². The number of nitrogens with zero attached hydrogens (tertiary/aromatic N) is 1. The molecule has 0 saturated carbocycles. The van der Waals surface area contributed by atoms with Crippen LogP contribution in [-0.2, 0) is 11.2 Å². The smallest absolute Gasteiger partial charge is 0.311 e. The molecule has 1 aromatic heterocycles. The topological polar surface area (TPSA) is 69.4 Å². The Balaban J connectivity index is 1.75. The molecule has 5 nitrogen and oxygen atoms in total. The van der Waals surface area contributed by atoms with E-state index in [0.29, 0.717) is 45.7 Å². The van der Waals surface area contributed by atoms with Crippen LogP contribution < -0.4 is 4.74 Å². The third-order valence-corrected chi connectivity index (χ3v) is 5.72. The van der Waals surface area contributed by atoms with Crippen LogP contribution in [0.5, 0.6) is 5.75 Å². The predicted molar refractivity (Wildman–Crippen MR) is 130 cm³/mol. The number of hydrogen-bond donors (Lipinski definition) is 0. The first-order valence-corrected chi connectivity index (χ1v) is 11.7. The SMILES string of the molecule is CCCC(=O)Oc1ccc(C(=O)CCc2nc(-c3ccc(Cl)cc3Cl)oc2C(C)C)cc1C. The van der Waals surface area contributed by atoms with Crippen LogP contribution in [0, 0.1) is 6.92 Å². The van der Waals surface area contributed by atoms with Crippen LogP contribution in [0.2, 0.25) is 10.0 Å². The van der Waals surface area contributed by atoms with Gasteiger partial charge in [-0.05, 0) is 55.3 Å². The summed E-state index contributed by atoms with van der Waals surface area (Å²) in [6, 6.07) is 10.3. The predicted octanol–water partition coefficient (Wildman–Crippen LogP) is 7.60. The van der Waals surface area contributed by atoms with Gasteiger partial charge in [-0.2, -0.15) is 0 Å². The molecule has 0 aliphatic carbocycles. The van der Waals surface area contributed by atoms with Crippen LogP contribution in [0.1, 0.15) is 73.3 Å².